The Morgan fingerprint density at radius 3 is 1.80 bits per heavy atom. The van der Waals surface area contributed by atoms with Gasteiger partial charge in [0.1, 0.15) is 17.3 Å². The lowest BCUT2D eigenvalue weighted by Gasteiger charge is -2.29. The second kappa shape index (κ2) is 15.3. The van der Waals surface area contributed by atoms with Gasteiger partial charge in [0.2, 0.25) is 0 Å². The molecule has 0 aliphatic carbocycles. The van der Waals surface area contributed by atoms with Crippen molar-refractivity contribution in [2.24, 2.45) is 0 Å². The van der Waals surface area contributed by atoms with Crippen LogP contribution in [0.3, 0.4) is 0 Å². The molecule has 10 rings (SSSR count). The maximum absolute atomic E-state index is 6.73. The van der Waals surface area contributed by atoms with Crippen LogP contribution in [-0.4, -0.2) is 16.2 Å². The summed E-state index contributed by atoms with van der Waals surface area (Å²) in [6, 6.07) is 68.8. The SMILES string of the molecule is CC(C)(c1ccccc1)c1cccc(N2CN(c3cccc(Oc4ccc5c6ccccc6n(-c6cc(C(C)(C)c7ccccc7)ccn6)c5c4)c3)C=C2c2ccccc2)c1. The van der Waals surface area contributed by atoms with Gasteiger partial charge < -0.3 is 14.5 Å². The molecular formula is C56H48N4O. The average Bonchev–Trinajstić information content (AvgIpc) is 3.90. The number of rotatable bonds is 10. The van der Waals surface area contributed by atoms with Crippen LogP contribution in [0.4, 0.5) is 11.4 Å². The van der Waals surface area contributed by atoms with Crippen LogP contribution in [0.15, 0.2) is 207 Å². The molecule has 0 bridgehead atoms. The summed E-state index contributed by atoms with van der Waals surface area (Å²) < 4.78 is 9.00. The van der Waals surface area contributed by atoms with Crippen molar-refractivity contribution in [2.75, 3.05) is 16.5 Å². The number of aromatic nitrogens is 2. The van der Waals surface area contributed by atoms with E-state index < -0.39 is 0 Å². The first-order valence-corrected chi connectivity index (χ1v) is 21.1. The fraction of sp³-hybridized carbons (Fsp3) is 0.125. The van der Waals surface area contributed by atoms with Crippen molar-refractivity contribution >= 4 is 38.9 Å². The van der Waals surface area contributed by atoms with Gasteiger partial charge in [-0.05, 0) is 82.4 Å². The molecule has 3 heterocycles. The third-order valence-corrected chi connectivity index (χ3v) is 12.5. The minimum atomic E-state index is -0.205. The van der Waals surface area contributed by atoms with Crippen LogP contribution < -0.4 is 14.5 Å². The molecule has 9 aromatic rings. The lowest BCUT2D eigenvalue weighted by Crippen LogP contribution is -2.27. The van der Waals surface area contributed by atoms with Gasteiger partial charge in [0.05, 0.1) is 23.4 Å². The molecule has 5 heteroatoms. The fourth-order valence-electron chi connectivity index (χ4n) is 8.86. The van der Waals surface area contributed by atoms with Crippen LogP contribution in [0.2, 0.25) is 0 Å². The molecule has 0 saturated carbocycles. The van der Waals surface area contributed by atoms with E-state index in [-0.39, 0.29) is 10.8 Å². The summed E-state index contributed by atoms with van der Waals surface area (Å²) in [5.74, 6) is 2.40. The number of para-hydroxylation sites is 1. The standard InChI is InChI=1S/C56H48N4O/c1-55(2,41-20-10-6-11-21-41)43-24-16-26-46(34-43)59-39-58(38-53(59)40-18-8-5-9-19-40)45-25-17-27-47(36-45)61-48-30-31-50-49-28-14-15-29-51(49)60(52(50)37-48)54-35-44(32-33-57-54)56(3,4)42-22-12-7-13-23-42/h5-38H,39H2,1-4H3. The summed E-state index contributed by atoms with van der Waals surface area (Å²) in [5, 5.41) is 2.33. The smallest absolute Gasteiger partial charge is 0.137 e. The topological polar surface area (TPSA) is 33.5 Å². The van der Waals surface area contributed by atoms with Crippen LogP contribution in [0, 0.1) is 0 Å². The van der Waals surface area contributed by atoms with E-state index in [1.807, 2.05) is 12.3 Å². The second-order valence-corrected chi connectivity index (χ2v) is 17.0. The molecule has 0 amide bonds. The van der Waals surface area contributed by atoms with Crippen molar-refractivity contribution < 1.29 is 4.74 Å². The highest BCUT2D eigenvalue weighted by molar-refractivity contribution is 6.09. The van der Waals surface area contributed by atoms with E-state index in [0.717, 1.165) is 56.4 Å². The molecule has 0 unspecified atom stereocenters. The van der Waals surface area contributed by atoms with Crippen LogP contribution >= 0.6 is 0 Å². The largest absolute Gasteiger partial charge is 0.457 e. The van der Waals surface area contributed by atoms with Crippen LogP contribution in [-0.2, 0) is 10.8 Å². The molecule has 0 N–H and O–H groups in total. The van der Waals surface area contributed by atoms with E-state index in [1.54, 1.807) is 0 Å². The summed E-state index contributed by atoms with van der Waals surface area (Å²) in [6.07, 6.45) is 4.19. The lowest BCUT2D eigenvalue weighted by molar-refractivity contribution is 0.483. The van der Waals surface area contributed by atoms with E-state index in [9.17, 15) is 0 Å². The zero-order valence-corrected chi connectivity index (χ0v) is 35.0. The molecule has 0 radical (unpaired) electrons. The number of nitrogens with zero attached hydrogens (tertiary/aromatic N) is 4. The zero-order valence-electron chi connectivity index (χ0n) is 35.0. The van der Waals surface area contributed by atoms with Crippen LogP contribution in [0.1, 0.15) is 55.5 Å². The third-order valence-electron chi connectivity index (χ3n) is 12.5. The predicted molar refractivity (Wildman–Crippen MR) is 253 cm³/mol. The average molecular weight is 793 g/mol. The molecule has 2 aromatic heterocycles. The molecule has 61 heavy (non-hydrogen) atoms. The molecule has 0 fully saturated rings. The number of fused-ring (bicyclic) bond motifs is 3. The summed E-state index contributed by atoms with van der Waals surface area (Å²) in [4.78, 5) is 9.67. The first-order chi connectivity index (χ1) is 29.7. The Morgan fingerprint density at radius 1 is 0.475 bits per heavy atom. The number of benzene rings is 7. The Kier molecular flexibility index (Phi) is 9.52. The molecule has 0 atom stereocenters. The normalized spacial score (nSPS) is 13.2. The van der Waals surface area contributed by atoms with Gasteiger partial charge >= 0.3 is 0 Å². The molecule has 298 valence electrons. The number of pyridine rings is 1. The van der Waals surface area contributed by atoms with Crippen LogP contribution in [0.5, 0.6) is 11.5 Å². The highest BCUT2D eigenvalue weighted by Crippen LogP contribution is 2.40. The van der Waals surface area contributed by atoms with Crippen molar-refractivity contribution in [3.63, 3.8) is 0 Å². The quantitative estimate of drug-likeness (QED) is 0.138. The first-order valence-electron chi connectivity index (χ1n) is 21.1. The van der Waals surface area contributed by atoms with Gasteiger partial charge in [0.25, 0.3) is 0 Å². The molecule has 5 nitrogen and oxygen atoms in total. The van der Waals surface area contributed by atoms with Gasteiger partial charge in [0, 0.05) is 57.5 Å². The Bertz CT molecular complexity index is 3040. The highest BCUT2D eigenvalue weighted by atomic mass is 16.5. The van der Waals surface area contributed by atoms with E-state index in [1.165, 1.54) is 27.6 Å². The maximum Gasteiger partial charge on any atom is 0.137 e. The van der Waals surface area contributed by atoms with Crippen molar-refractivity contribution in [1.29, 1.82) is 0 Å². The molecular weight excluding hydrogens is 745 g/mol. The van der Waals surface area contributed by atoms with Gasteiger partial charge in [-0.25, -0.2) is 4.98 Å². The first kappa shape index (κ1) is 37.9. The van der Waals surface area contributed by atoms with E-state index in [2.05, 4.69) is 236 Å². The Balaban J connectivity index is 0.979. The molecule has 0 spiro atoms. The van der Waals surface area contributed by atoms with E-state index in [4.69, 9.17) is 9.72 Å². The Labute approximate surface area is 358 Å². The summed E-state index contributed by atoms with van der Waals surface area (Å²) >= 11 is 0. The molecule has 1 aliphatic rings. The number of hydrogen-bond acceptors (Lipinski definition) is 4. The van der Waals surface area contributed by atoms with Crippen molar-refractivity contribution in [3.8, 4) is 17.3 Å². The van der Waals surface area contributed by atoms with Crippen molar-refractivity contribution in [3.05, 3.63) is 234 Å². The van der Waals surface area contributed by atoms with Gasteiger partial charge in [-0.15, -0.1) is 0 Å². The van der Waals surface area contributed by atoms with Crippen molar-refractivity contribution in [1.82, 2.24) is 9.55 Å². The van der Waals surface area contributed by atoms with Gasteiger partial charge in [-0.1, -0.05) is 155 Å². The molecule has 7 aromatic carbocycles. The lowest BCUT2D eigenvalue weighted by atomic mass is 9.78. The second-order valence-electron chi connectivity index (χ2n) is 17.0. The monoisotopic (exact) mass is 792 g/mol. The minimum absolute atomic E-state index is 0.157. The van der Waals surface area contributed by atoms with Crippen molar-refractivity contribution in [2.45, 2.75) is 38.5 Å². The zero-order chi connectivity index (χ0) is 41.6. The number of anilines is 2. The van der Waals surface area contributed by atoms with Gasteiger partial charge in [-0.3, -0.25) is 4.57 Å². The fourth-order valence-corrected chi connectivity index (χ4v) is 8.86. The predicted octanol–water partition coefficient (Wildman–Crippen LogP) is 13.9. The van der Waals surface area contributed by atoms with E-state index in [0.29, 0.717) is 6.67 Å². The summed E-state index contributed by atoms with van der Waals surface area (Å²) in [6.45, 7) is 9.81. The molecule has 0 saturated heterocycles. The van der Waals surface area contributed by atoms with E-state index >= 15 is 0 Å². The summed E-state index contributed by atoms with van der Waals surface area (Å²) in [5.41, 5.74) is 11.3. The maximum atomic E-state index is 6.73. The summed E-state index contributed by atoms with van der Waals surface area (Å²) in [7, 11) is 0. The highest BCUT2D eigenvalue weighted by Gasteiger charge is 2.29. The van der Waals surface area contributed by atoms with Gasteiger partial charge in [-0.2, -0.15) is 0 Å². The Morgan fingerprint density at radius 2 is 1.07 bits per heavy atom. The number of ether oxygens (including phenoxy) is 1. The van der Waals surface area contributed by atoms with Crippen LogP contribution in [0.25, 0.3) is 33.3 Å². The molecule has 1 aliphatic heterocycles. The third kappa shape index (κ3) is 7.02. The van der Waals surface area contributed by atoms with Gasteiger partial charge in [0.15, 0.2) is 0 Å². The Hall–Kier alpha value is -7.37. The minimum Gasteiger partial charge on any atom is -0.457 e. The number of hydrogen-bond donors (Lipinski definition) is 0.